The quantitative estimate of drug-likeness (QED) is 0.407. The normalized spacial score (nSPS) is 28.3. The van der Waals surface area contributed by atoms with E-state index in [1.54, 1.807) is 0 Å². The third-order valence-electron chi connectivity index (χ3n) is 2.64. The van der Waals surface area contributed by atoms with E-state index in [9.17, 15) is 0 Å². The first-order chi connectivity index (χ1) is 6.02. The minimum atomic E-state index is 0.243. The van der Waals surface area contributed by atoms with Gasteiger partial charge in [0.2, 0.25) is 0 Å². The van der Waals surface area contributed by atoms with Gasteiger partial charge in [0.25, 0.3) is 0 Å². The highest BCUT2D eigenvalue weighted by Crippen LogP contribution is 2.37. The number of amidine groups is 1. The summed E-state index contributed by atoms with van der Waals surface area (Å²) in [6.07, 6.45) is 5.90. The molecule has 1 rings (SSSR count). The van der Waals surface area contributed by atoms with Crippen LogP contribution in [0.2, 0.25) is 0 Å². The van der Waals surface area contributed by atoms with Crippen LogP contribution in [0.25, 0.3) is 0 Å². The van der Waals surface area contributed by atoms with E-state index in [2.05, 4.69) is 19.9 Å². The molecule has 0 radical (unpaired) electrons. The molecule has 74 valence electrons. The second kappa shape index (κ2) is 4.18. The Balaban J connectivity index is 2.44. The van der Waals surface area contributed by atoms with Gasteiger partial charge in [-0.3, -0.25) is 5.41 Å². The molecule has 0 saturated carbocycles. The highest BCUT2D eigenvalue weighted by Gasteiger charge is 2.26. The topological polar surface area (TPSA) is 49.9 Å². The average molecular weight is 198 g/mol. The summed E-state index contributed by atoms with van der Waals surface area (Å²) in [5.41, 5.74) is 7.19. The van der Waals surface area contributed by atoms with Crippen LogP contribution < -0.4 is 5.73 Å². The van der Waals surface area contributed by atoms with E-state index in [1.165, 1.54) is 30.2 Å². The van der Waals surface area contributed by atoms with Crippen molar-refractivity contribution in [1.82, 2.24) is 0 Å². The highest BCUT2D eigenvalue weighted by molar-refractivity contribution is 8.13. The van der Waals surface area contributed by atoms with Gasteiger partial charge in [-0.25, -0.2) is 0 Å². The van der Waals surface area contributed by atoms with Crippen LogP contribution >= 0.6 is 11.8 Å². The van der Waals surface area contributed by atoms with Crippen molar-refractivity contribution in [2.75, 3.05) is 5.75 Å². The molecule has 2 nitrogen and oxygen atoms in total. The van der Waals surface area contributed by atoms with E-state index in [1.807, 2.05) is 0 Å². The molecule has 13 heavy (non-hydrogen) atoms. The molecule has 0 saturated heterocycles. The van der Waals surface area contributed by atoms with Crippen LogP contribution in [0.1, 0.15) is 33.1 Å². The molecular formula is C10H18N2S. The number of allylic oxidation sites excluding steroid dienone is 2. The molecule has 0 spiro atoms. The first kappa shape index (κ1) is 10.6. The Morgan fingerprint density at radius 1 is 1.77 bits per heavy atom. The van der Waals surface area contributed by atoms with E-state index in [0.29, 0.717) is 5.41 Å². The van der Waals surface area contributed by atoms with Gasteiger partial charge in [-0.15, -0.1) is 0 Å². The summed E-state index contributed by atoms with van der Waals surface area (Å²) in [4.78, 5) is 0. The van der Waals surface area contributed by atoms with Gasteiger partial charge in [-0.05, 0) is 31.6 Å². The molecule has 1 atom stereocenters. The zero-order valence-corrected chi connectivity index (χ0v) is 9.21. The second-order valence-corrected chi connectivity index (χ2v) is 5.24. The fourth-order valence-electron chi connectivity index (χ4n) is 1.51. The lowest BCUT2D eigenvalue weighted by Gasteiger charge is -2.31. The third-order valence-corrected chi connectivity index (χ3v) is 3.79. The highest BCUT2D eigenvalue weighted by atomic mass is 32.2. The van der Waals surface area contributed by atoms with Crippen molar-refractivity contribution >= 4 is 16.9 Å². The molecule has 1 unspecified atom stereocenters. The zero-order chi connectivity index (χ0) is 9.90. The summed E-state index contributed by atoms with van der Waals surface area (Å²) in [5, 5.41) is 7.41. The molecule has 1 aliphatic carbocycles. The molecule has 0 aliphatic heterocycles. The van der Waals surface area contributed by atoms with Crippen LogP contribution in [-0.2, 0) is 0 Å². The van der Waals surface area contributed by atoms with Gasteiger partial charge in [0.15, 0.2) is 5.17 Å². The SMILES string of the molecule is CC1=CCC(C)(CSC(=N)N)CC1. The molecule has 0 aromatic rings. The van der Waals surface area contributed by atoms with Crippen molar-refractivity contribution in [1.29, 1.82) is 5.41 Å². The van der Waals surface area contributed by atoms with Crippen LogP contribution in [0.3, 0.4) is 0 Å². The van der Waals surface area contributed by atoms with E-state index in [-0.39, 0.29) is 5.17 Å². The Hall–Kier alpha value is -0.440. The lowest BCUT2D eigenvalue weighted by Crippen LogP contribution is -2.23. The van der Waals surface area contributed by atoms with Crippen LogP contribution in [-0.4, -0.2) is 10.9 Å². The van der Waals surface area contributed by atoms with Crippen LogP contribution in [0.4, 0.5) is 0 Å². The predicted molar refractivity (Wildman–Crippen MR) is 60.1 cm³/mol. The van der Waals surface area contributed by atoms with Crippen molar-refractivity contribution in [3.63, 3.8) is 0 Å². The maximum atomic E-state index is 7.16. The second-order valence-electron chi connectivity index (χ2n) is 4.22. The van der Waals surface area contributed by atoms with Crippen molar-refractivity contribution in [2.24, 2.45) is 11.1 Å². The molecule has 0 amide bonds. The molecule has 0 aromatic heterocycles. The summed E-state index contributed by atoms with van der Waals surface area (Å²) < 4.78 is 0. The predicted octanol–water partition coefficient (Wildman–Crippen LogP) is 2.75. The number of hydrogen-bond donors (Lipinski definition) is 2. The molecule has 0 heterocycles. The summed E-state index contributed by atoms with van der Waals surface area (Å²) in [6.45, 7) is 4.48. The lowest BCUT2D eigenvalue weighted by atomic mass is 9.78. The smallest absolute Gasteiger partial charge is 0.151 e. The average Bonchev–Trinajstić information content (AvgIpc) is 2.08. The first-order valence-electron chi connectivity index (χ1n) is 4.64. The summed E-state index contributed by atoms with van der Waals surface area (Å²) in [6, 6.07) is 0. The van der Waals surface area contributed by atoms with Gasteiger partial charge in [0.05, 0.1) is 0 Å². The summed E-state index contributed by atoms with van der Waals surface area (Å²) in [5.74, 6) is 0.978. The van der Waals surface area contributed by atoms with Gasteiger partial charge < -0.3 is 5.73 Å². The van der Waals surface area contributed by atoms with Gasteiger partial charge in [0, 0.05) is 5.75 Å². The fourth-order valence-corrected chi connectivity index (χ4v) is 2.27. The lowest BCUT2D eigenvalue weighted by molar-refractivity contribution is 0.334. The van der Waals surface area contributed by atoms with E-state index in [0.717, 1.165) is 12.2 Å². The van der Waals surface area contributed by atoms with Gasteiger partial charge in [-0.2, -0.15) is 0 Å². The first-order valence-corrected chi connectivity index (χ1v) is 5.63. The Morgan fingerprint density at radius 3 is 2.92 bits per heavy atom. The van der Waals surface area contributed by atoms with Crippen LogP contribution in [0.5, 0.6) is 0 Å². The Kier molecular flexibility index (Phi) is 3.42. The summed E-state index contributed by atoms with van der Waals surface area (Å²) >= 11 is 1.47. The Bertz CT molecular complexity index is 235. The fraction of sp³-hybridized carbons (Fsp3) is 0.700. The van der Waals surface area contributed by atoms with Gasteiger partial charge in [-0.1, -0.05) is 30.3 Å². The molecule has 1 aliphatic rings. The van der Waals surface area contributed by atoms with Crippen molar-refractivity contribution < 1.29 is 0 Å². The maximum Gasteiger partial charge on any atom is 0.151 e. The van der Waals surface area contributed by atoms with Crippen LogP contribution in [0, 0.1) is 10.8 Å². The van der Waals surface area contributed by atoms with E-state index in [4.69, 9.17) is 11.1 Å². The molecule has 0 bridgehead atoms. The molecule has 3 N–H and O–H groups in total. The molecule has 0 aromatic carbocycles. The molecule has 3 heteroatoms. The monoisotopic (exact) mass is 198 g/mol. The number of nitrogens with one attached hydrogen (secondary N) is 1. The summed E-state index contributed by atoms with van der Waals surface area (Å²) in [7, 11) is 0. The number of nitrogens with two attached hydrogens (primary N) is 1. The minimum absolute atomic E-state index is 0.243. The number of hydrogen-bond acceptors (Lipinski definition) is 2. The molecular weight excluding hydrogens is 180 g/mol. The molecule has 0 fully saturated rings. The maximum absolute atomic E-state index is 7.16. The standard InChI is InChI=1S/C10H18N2S/c1-8-3-5-10(2,6-4-8)7-13-9(11)12/h3H,4-7H2,1-2H3,(H3,11,12). The number of thioether (sulfide) groups is 1. The van der Waals surface area contributed by atoms with Crippen molar-refractivity contribution in [2.45, 2.75) is 33.1 Å². The largest absolute Gasteiger partial charge is 0.379 e. The van der Waals surface area contributed by atoms with Crippen molar-refractivity contribution in [3.8, 4) is 0 Å². The van der Waals surface area contributed by atoms with Gasteiger partial charge in [0.1, 0.15) is 0 Å². The number of rotatable bonds is 2. The van der Waals surface area contributed by atoms with Gasteiger partial charge >= 0.3 is 0 Å². The third kappa shape index (κ3) is 3.43. The van der Waals surface area contributed by atoms with Crippen LogP contribution in [0.15, 0.2) is 11.6 Å². The minimum Gasteiger partial charge on any atom is -0.379 e. The zero-order valence-electron chi connectivity index (χ0n) is 8.39. The Labute approximate surface area is 84.5 Å². The van der Waals surface area contributed by atoms with Crippen molar-refractivity contribution in [3.05, 3.63) is 11.6 Å². The van der Waals surface area contributed by atoms with E-state index >= 15 is 0 Å². The van der Waals surface area contributed by atoms with E-state index < -0.39 is 0 Å². The Morgan fingerprint density at radius 2 is 2.46 bits per heavy atom.